The summed E-state index contributed by atoms with van der Waals surface area (Å²) in [5.74, 6) is 0.253. The Morgan fingerprint density at radius 3 is 2.60 bits per heavy atom. The second-order valence-electron chi connectivity index (χ2n) is 19.9. The highest BCUT2D eigenvalue weighted by molar-refractivity contribution is 5.96. The summed E-state index contributed by atoms with van der Waals surface area (Å²) in [5.41, 5.74) is 2.21. The molecule has 14 heteroatoms. The van der Waals surface area contributed by atoms with E-state index in [-0.39, 0.29) is 31.3 Å². The summed E-state index contributed by atoms with van der Waals surface area (Å²) in [4.78, 5) is 54.0. The summed E-state index contributed by atoms with van der Waals surface area (Å²) in [5, 5.41) is 18.2. The van der Waals surface area contributed by atoms with Crippen LogP contribution in [0.2, 0.25) is 0 Å². The molecular formula is C53H61N5O9. The summed E-state index contributed by atoms with van der Waals surface area (Å²) >= 11 is 0. The van der Waals surface area contributed by atoms with Gasteiger partial charge < -0.3 is 44.0 Å². The number of H-pyrrole nitrogens is 1. The highest BCUT2D eigenvalue weighted by Crippen LogP contribution is 2.68. The van der Waals surface area contributed by atoms with Crippen LogP contribution in [0.25, 0.3) is 10.9 Å². The number of aromatic nitrogens is 1. The molecule has 6 aliphatic heterocycles. The number of hydrogen-bond acceptors (Lipinski definition) is 12. The van der Waals surface area contributed by atoms with Crippen molar-refractivity contribution < 1.29 is 43.2 Å². The topological polar surface area (TPSA) is 155 Å². The average Bonchev–Trinajstić information content (AvgIpc) is 4.13. The Kier molecular flexibility index (Phi) is 10.4. The SMILES string of the molecule is CCC1=C[C@@H]2CN(CCc3c([nH]c4ccccc34)[C@@](C(=O)OC)(c3cc4c(cc3OC)N(C)[C@H]3C(O)(CNC(=O)c5ccc6c(c5)OCO6)[C@H](OC(C)=O)[C@]5(CC)C=CCN6CC[C@]43C65)C2)C1. The maximum absolute atomic E-state index is 15.5. The largest absolute Gasteiger partial charge is 0.496 e. The number of rotatable bonds is 9. The summed E-state index contributed by atoms with van der Waals surface area (Å²) in [6.45, 7) is 9.45. The zero-order chi connectivity index (χ0) is 46.6. The standard InChI is InChI=1S/C53H61N5O9/c1-7-32-22-33-26-52(49(61)64-6,44-36(16-20-57(27-32)28-33)35-12-9-10-13-39(35)55-44)38-24-37-40(25-42(38)63-5)56(4)47-51(37)18-21-58-19-11-17-50(8-2,46(51)58)48(67-31(3)59)53(47,62)29-54-45(60)34-14-15-41-43(23-34)66-30-65-41/h9-15,17,22-25,33,46-48,55,62H,7-8,16,18-21,26-30H2,1-6H3,(H,54,60)/t33-,46?,47+,48+,50+,51+,52-,53?/m0/s1. The van der Waals surface area contributed by atoms with E-state index in [1.165, 1.54) is 19.6 Å². The number of amides is 1. The van der Waals surface area contributed by atoms with E-state index >= 15 is 4.79 Å². The number of fused-ring (bicyclic) bond motifs is 7. The zero-order valence-corrected chi connectivity index (χ0v) is 39.3. The van der Waals surface area contributed by atoms with Gasteiger partial charge in [0, 0.05) is 96.5 Å². The molecule has 14 nitrogen and oxygen atoms in total. The number of aromatic amines is 1. The van der Waals surface area contributed by atoms with Crippen LogP contribution in [0.4, 0.5) is 5.69 Å². The molecule has 1 saturated heterocycles. The smallest absolute Gasteiger partial charge is 0.322 e. The van der Waals surface area contributed by atoms with Gasteiger partial charge in [-0.2, -0.15) is 0 Å². The fraction of sp³-hybridized carbons (Fsp3) is 0.491. The van der Waals surface area contributed by atoms with Gasteiger partial charge in [0.1, 0.15) is 22.9 Å². The maximum atomic E-state index is 15.5. The van der Waals surface area contributed by atoms with Gasteiger partial charge in [-0.3, -0.25) is 24.2 Å². The number of anilines is 1. The highest BCUT2D eigenvalue weighted by atomic mass is 16.7. The van der Waals surface area contributed by atoms with Crippen LogP contribution in [-0.2, 0) is 36.3 Å². The van der Waals surface area contributed by atoms with E-state index < -0.39 is 45.9 Å². The van der Waals surface area contributed by atoms with Gasteiger partial charge in [0.25, 0.3) is 5.91 Å². The summed E-state index contributed by atoms with van der Waals surface area (Å²) in [6.07, 6.45) is 8.90. The predicted molar refractivity (Wildman–Crippen MR) is 252 cm³/mol. The Morgan fingerprint density at radius 2 is 1.82 bits per heavy atom. The molecule has 9 atom stereocenters. The molecule has 1 saturated carbocycles. The molecule has 1 spiro atoms. The van der Waals surface area contributed by atoms with Crippen LogP contribution >= 0.6 is 0 Å². The predicted octanol–water partition coefficient (Wildman–Crippen LogP) is 5.78. The fourth-order valence-electron chi connectivity index (χ4n) is 14.4. The van der Waals surface area contributed by atoms with Crippen LogP contribution in [0.15, 0.2) is 78.4 Å². The lowest BCUT2D eigenvalue weighted by molar-refractivity contribution is -0.216. The number of para-hydroxylation sites is 1. The van der Waals surface area contributed by atoms with Gasteiger partial charge in [0.2, 0.25) is 6.79 Å². The number of likely N-dealkylation sites (N-methyl/N-ethyl adjacent to an activating group) is 1. The minimum Gasteiger partial charge on any atom is -0.496 e. The minimum absolute atomic E-state index is 0.0162. The van der Waals surface area contributed by atoms with Crippen molar-refractivity contribution in [3.05, 3.63) is 106 Å². The number of carbonyl (C=O) groups excluding carboxylic acids is 3. The first-order valence-electron chi connectivity index (χ1n) is 23.9. The van der Waals surface area contributed by atoms with Gasteiger partial charge in [-0.1, -0.05) is 55.8 Å². The normalized spacial score (nSPS) is 32.2. The van der Waals surface area contributed by atoms with E-state index in [1.54, 1.807) is 25.3 Å². The molecule has 1 aliphatic carbocycles. The first-order valence-corrected chi connectivity index (χ1v) is 23.9. The van der Waals surface area contributed by atoms with Crippen LogP contribution in [-0.4, -0.2) is 129 Å². The van der Waals surface area contributed by atoms with Crippen molar-refractivity contribution in [1.82, 2.24) is 20.1 Å². The van der Waals surface area contributed by atoms with Crippen molar-refractivity contribution in [2.45, 2.75) is 87.5 Å². The lowest BCUT2D eigenvalue weighted by Crippen LogP contribution is -2.81. The number of carbonyl (C=O) groups is 3. The monoisotopic (exact) mass is 911 g/mol. The zero-order valence-electron chi connectivity index (χ0n) is 39.3. The van der Waals surface area contributed by atoms with Gasteiger partial charge in [0.15, 0.2) is 11.5 Å². The second kappa shape index (κ2) is 15.9. The van der Waals surface area contributed by atoms with Crippen molar-refractivity contribution in [2.24, 2.45) is 11.3 Å². The molecule has 4 aromatic rings. The number of methoxy groups -OCH3 is 2. The number of hydrogen-bond donors (Lipinski definition) is 3. The Morgan fingerprint density at radius 1 is 1.00 bits per heavy atom. The quantitative estimate of drug-likeness (QED) is 0.138. The molecule has 352 valence electrons. The Hall–Kier alpha value is -5.83. The van der Waals surface area contributed by atoms with Crippen molar-refractivity contribution >= 4 is 34.4 Å². The summed E-state index contributed by atoms with van der Waals surface area (Å²) < 4.78 is 30.1. The van der Waals surface area contributed by atoms with Crippen LogP contribution in [0.5, 0.6) is 17.2 Å². The third-order valence-corrected chi connectivity index (χ3v) is 16.8. The second-order valence-corrected chi connectivity index (χ2v) is 19.9. The molecule has 2 bridgehead atoms. The molecule has 0 radical (unpaired) electrons. The summed E-state index contributed by atoms with van der Waals surface area (Å²) in [6, 6.07) is 16.6. The molecule has 11 rings (SSSR count). The van der Waals surface area contributed by atoms with E-state index in [2.05, 4.69) is 81.3 Å². The number of aliphatic hydroxyl groups is 1. The van der Waals surface area contributed by atoms with E-state index in [0.29, 0.717) is 60.7 Å². The molecular weight excluding hydrogens is 851 g/mol. The first kappa shape index (κ1) is 43.7. The Labute approximate surface area is 391 Å². The number of esters is 2. The van der Waals surface area contributed by atoms with Crippen LogP contribution < -0.4 is 24.4 Å². The summed E-state index contributed by atoms with van der Waals surface area (Å²) in [7, 11) is 5.11. The third kappa shape index (κ3) is 6.14. The molecule has 3 unspecified atom stereocenters. The number of nitrogens with one attached hydrogen (secondary N) is 2. The minimum atomic E-state index is -1.85. The van der Waals surface area contributed by atoms with Gasteiger partial charge in [0.05, 0.1) is 26.8 Å². The molecule has 7 aliphatic rings. The number of nitrogens with zero attached hydrogens (tertiary/aromatic N) is 3. The Balaban J connectivity index is 1.14. The number of ether oxygens (including phenoxy) is 5. The van der Waals surface area contributed by atoms with Crippen molar-refractivity contribution in [2.75, 3.05) is 72.2 Å². The third-order valence-electron chi connectivity index (χ3n) is 16.8. The molecule has 2 fully saturated rings. The van der Waals surface area contributed by atoms with Crippen molar-refractivity contribution in [3.63, 3.8) is 0 Å². The van der Waals surface area contributed by atoms with Gasteiger partial charge in [-0.05, 0) is 86.0 Å². The number of benzene rings is 3. The van der Waals surface area contributed by atoms with Crippen molar-refractivity contribution in [1.29, 1.82) is 0 Å². The molecule has 1 aromatic heterocycles. The highest BCUT2D eigenvalue weighted by Gasteiger charge is 2.78. The van der Waals surface area contributed by atoms with E-state index in [4.69, 9.17) is 23.7 Å². The molecule has 7 heterocycles. The van der Waals surface area contributed by atoms with E-state index in [0.717, 1.165) is 65.9 Å². The van der Waals surface area contributed by atoms with Gasteiger partial charge >= 0.3 is 11.9 Å². The molecule has 3 N–H and O–H groups in total. The van der Waals surface area contributed by atoms with Crippen LogP contribution in [0, 0.1) is 11.3 Å². The molecule has 67 heavy (non-hydrogen) atoms. The maximum Gasteiger partial charge on any atom is 0.322 e. The van der Waals surface area contributed by atoms with E-state index in [1.807, 2.05) is 19.2 Å². The first-order chi connectivity index (χ1) is 32.4. The molecule has 1 amide bonds. The Bertz CT molecular complexity index is 2770. The van der Waals surface area contributed by atoms with Crippen LogP contribution in [0.3, 0.4) is 0 Å². The van der Waals surface area contributed by atoms with Crippen LogP contribution in [0.1, 0.15) is 79.2 Å². The van der Waals surface area contributed by atoms with E-state index in [9.17, 15) is 14.7 Å². The molecule has 3 aromatic carbocycles. The van der Waals surface area contributed by atoms with Crippen molar-refractivity contribution in [3.8, 4) is 17.2 Å². The van der Waals surface area contributed by atoms with Gasteiger partial charge in [-0.25, -0.2) is 0 Å². The fourth-order valence-corrected chi connectivity index (χ4v) is 14.4. The van der Waals surface area contributed by atoms with Gasteiger partial charge in [-0.15, -0.1) is 0 Å². The lowest BCUT2D eigenvalue weighted by atomic mass is 9.47. The average molecular weight is 912 g/mol. The lowest BCUT2D eigenvalue weighted by Gasteiger charge is -2.64.